The van der Waals surface area contributed by atoms with Gasteiger partial charge < -0.3 is 11.5 Å². The third kappa shape index (κ3) is 3.76. The molecule has 7 heavy (non-hydrogen) atoms. The largest absolute Gasteiger partial charge is 0.330 e. The van der Waals surface area contributed by atoms with Gasteiger partial charge in [0, 0.05) is 0 Å². The number of nitrogens with two attached hydrogens (primary N) is 2. The van der Waals surface area contributed by atoms with Crippen LogP contribution in [-0.2, 0) is 0 Å². The van der Waals surface area contributed by atoms with Crippen LogP contribution in [0.15, 0.2) is 0 Å². The second-order valence-electron chi connectivity index (χ2n) is 1.92. The van der Waals surface area contributed by atoms with Crippen molar-refractivity contribution in [3.8, 4) is 0 Å². The monoisotopic (exact) mass is 102 g/mol. The normalized spacial score (nSPS) is 14.1. The fraction of sp³-hybridized carbons (Fsp3) is 1.00. The maximum Gasteiger partial charge on any atom is -0.00510 e. The zero-order valence-electron chi connectivity index (χ0n) is 4.85. The molecule has 0 aliphatic rings. The Morgan fingerprint density at radius 2 is 2.00 bits per heavy atom. The lowest BCUT2D eigenvalue weighted by molar-refractivity contribution is 0.553. The zero-order chi connectivity index (χ0) is 5.70. The molecule has 0 fully saturated rings. The van der Waals surface area contributed by atoms with Gasteiger partial charge in [-0.25, -0.2) is 0 Å². The van der Waals surface area contributed by atoms with Crippen molar-refractivity contribution in [2.24, 2.45) is 17.4 Å². The van der Waals surface area contributed by atoms with Gasteiger partial charge in [-0.2, -0.15) is 0 Å². The van der Waals surface area contributed by atoms with Gasteiger partial charge in [0.15, 0.2) is 0 Å². The van der Waals surface area contributed by atoms with Crippen molar-refractivity contribution < 1.29 is 0 Å². The Kier molecular flexibility index (Phi) is 4.04. The fourth-order valence-corrected chi connectivity index (χ4v) is 0.402. The summed E-state index contributed by atoms with van der Waals surface area (Å²) in [7, 11) is 0. The molecule has 0 amide bonds. The van der Waals surface area contributed by atoms with Crippen molar-refractivity contribution in [3.63, 3.8) is 0 Å². The summed E-state index contributed by atoms with van der Waals surface area (Å²) in [6, 6.07) is 0. The molecule has 0 aliphatic carbocycles. The van der Waals surface area contributed by atoms with Crippen LogP contribution >= 0.6 is 0 Å². The van der Waals surface area contributed by atoms with Gasteiger partial charge in [0.25, 0.3) is 0 Å². The third-order valence-electron chi connectivity index (χ3n) is 1.06. The molecule has 0 saturated heterocycles. The average Bonchev–Trinajstić information content (AvgIpc) is 1.68. The van der Waals surface area contributed by atoms with Crippen LogP contribution in [0.5, 0.6) is 0 Å². The summed E-state index contributed by atoms with van der Waals surface area (Å²) >= 11 is 0. The van der Waals surface area contributed by atoms with Crippen LogP contribution in [-0.4, -0.2) is 13.1 Å². The highest BCUT2D eigenvalue weighted by atomic mass is 14.6. The highest BCUT2D eigenvalue weighted by Gasteiger charge is 1.93. The molecule has 0 bridgehead atoms. The van der Waals surface area contributed by atoms with Gasteiger partial charge in [0.05, 0.1) is 0 Å². The van der Waals surface area contributed by atoms with Crippen LogP contribution in [0.25, 0.3) is 0 Å². The number of hydrogen-bond donors (Lipinski definition) is 2. The van der Waals surface area contributed by atoms with Crippen LogP contribution in [0.4, 0.5) is 0 Å². The predicted octanol–water partition coefficient (Wildman–Crippen LogP) is -0.0700. The maximum atomic E-state index is 5.30. The third-order valence-corrected chi connectivity index (χ3v) is 1.06. The van der Waals surface area contributed by atoms with Crippen LogP contribution in [0, 0.1) is 5.92 Å². The Hall–Kier alpha value is -0.0800. The molecule has 0 heterocycles. The van der Waals surface area contributed by atoms with Gasteiger partial charge in [-0.05, 0) is 25.4 Å². The van der Waals surface area contributed by atoms with Gasteiger partial charge in [0.2, 0.25) is 0 Å². The molecule has 0 aromatic heterocycles. The maximum absolute atomic E-state index is 5.30. The molecule has 2 nitrogen and oxygen atoms in total. The van der Waals surface area contributed by atoms with E-state index in [2.05, 4.69) is 6.92 Å². The van der Waals surface area contributed by atoms with Crippen molar-refractivity contribution in [1.82, 2.24) is 0 Å². The van der Waals surface area contributed by atoms with Crippen LogP contribution < -0.4 is 11.5 Å². The molecule has 0 saturated carbocycles. The molecule has 0 aliphatic heterocycles. The van der Waals surface area contributed by atoms with Gasteiger partial charge >= 0.3 is 0 Å². The minimum atomic E-state index is 0.602. The summed E-state index contributed by atoms with van der Waals surface area (Å²) in [5.41, 5.74) is 10.6. The minimum absolute atomic E-state index is 0.602. The van der Waals surface area contributed by atoms with Crippen LogP contribution in [0.1, 0.15) is 13.3 Å². The van der Waals surface area contributed by atoms with E-state index in [0.29, 0.717) is 5.92 Å². The van der Waals surface area contributed by atoms with Gasteiger partial charge in [-0.15, -0.1) is 0 Å². The Bertz CT molecular complexity index is 37.1. The summed E-state index contributed by atoms with van der Waals surface area (Å²) in [5.74, 6) is 0.602. The zero-order valence-corrected chi connectivity index (χ0v) is 4.85. The van der Waals surface area contributed by atoms with E-state index in [1.165, 1.54) is 0 Å². The first-order valence-electron chi connectivity index (χ1n) is 2.71. The Morgan fingerprint density at radius 1 is 1.43 bits per heavy atom. The van der Waals surface area contributed by atoms with Crippen LogP contribution in [0.2, 0.25) is 0 Å². The Morgan fingerprint density at radius 3 is 2.14 bits per heavy atom. The van der Waals surface area contributed by atoms with E-state index in [4.69, 9.17) is 11.5 Å². The highest BCUT2D eigenvalue weighted by Crippen LogP contribution is 1.93. The standard InChI is InChI=1S/C5H14N2/c1-5(4-7)2-3-6/h5H,2-4,6-7H2,1H3/t5-/m1/s1. The van der Waals surface area contributed by atoms with E-state index in [0.717, 1.165) is 19.5 Å². The summed E-state index contributed by atoms with van der Waals surface area (Å²) in [5, 5.41) is 0. The van der Waals surface area contributed by atoms with Crippen LogP contribution in [0.3, 0.4) is 0 Å². The molecule has 0 unspecified atom stereocenters. The quantitative estimate of drug-likeness (QED) is 0.524. The van der Waals surface area contributed by atoms with Gasteiger partial charge in [-0.3, -0.25) is 0 Å². The summed E-state index contributed by atoms with van der Waals surface area (Å²) < 4.78 is 0. The molecule has 2 heteroatoms. The molecular weight excluding hydrogens is 88.1 g/mol. The van der Waals surface area contributed by atoms with Gasteiger partial charge in [0.1, 0.15) is 0 Å². The van der Waals surface area contributed by atoms with E-state index in [1.807, 2.05) is 0 Å². The Balaban J connectivity index is 2.83. The van der Waals surface area contributed by atoms with Crippen molar-refractivity contribution in [1.29, 1.82) is 0 Å². The van der Waals surface area contributed by atoms with E-state index >= 15 is 0 Å². The minimum Gasteiger partial charge on any atom is -0.330 e. The molecule has 0 radical (unpaired) electrons. The van der Waals surface area contributed by atoms with E-state index in [1.54, 1.807) is 0 Å². The van der Waals surface area contributed by atoms with E-state index in [9.17, 15) is 0 Å². The van der Waals surface area contributed by atoms with Gasteiger partial charge in [-0.1, -0.05) is 6.92 Å². The summed E-state index contributed by atoms with van der Waals surface area (Å²) in [6.07, 6.45) is 1.05. The van der Waals surface area contributed by atoms with Crippen molar-refractivity contribution in [3.05, 3.63) is 0 Å². The van der Waals surface area contributed by atoms with E-state index < -0.39 is 0 Å². The SMILES string of the molecule is C[C@@H](CN)CCN. The molecule has 0 aromatic rings. The lowest BCUT2D eigenvalue weighted by Crippen LogP contribution is -2.14. The molecule has 0 aromatic carbocycles. The topological polar surface area (TPSA) is 52.0 Å². The lowest BCUT2D eigenvalue weighted by atomic mass is 10.1. The molecule has 44 valence electrons. The predicted molar refractivity (Wildman–Crippen MR) is 31.9 cm³/mol. The molecule has 0 spiro atoms. The first kappa shape index (κ1) is 6.92. The smallest absolute Gasteiger partial charge is 0.00510 e. The number of rotatable bonds is 3. The van der Waals surface area contributed by atoms with Crippen molar-refractivity contribution in [2.75, 3.05) is 13.1 Å². The van der Waals surface area contributed by atoms with Crippen molar-refractivity contribution >= 4 is 0 Å². The average molecular weight is 102 g/mol. The Labute approximate surface area is 44.9 Å². The number of hydrogen-bond acceptors (Lipinski definition) is 2. The van der Waals surface area contributed by atoms with Crippen molar-refractivity contribution in [2.45, 2.75) is 13.3 Å². The summed E-state index contributed by atoms with van der Waals surface area (Å²) in [6.45, 7) is 3.63. The summed E-state index contributed by atoms with van der Waals surface area (Å²) in [4.78, 5) is 0. The molecule has 4 N–H and O–H groups in total. The first-order valence-corrected chi connectivity index (χ1v) is 2.71. The lowest BCUT2D eigenvalue weighted by Gasteiger charge is -2.02. The van der Waals surface area contributed by atoms with E-state index in [-0.39, 0.29) is 0 Å². The second-order valence-corrected chi connectivity index (χ2v) is 1.92. The molecular formula is C5H14N2. The molecule has 0 rings (SSSR count). The second kappa shape index (κ2) is 4.09. The fourth-order valence-electron chi connectivity index (χ4n) is 0.402. The first-order chi connectivity index (χ1) is 3.31. The molecule has 1 atom stereocenters. The highest BCUT2D eigenvalue weighted by molar-refractivity contribution is 4.51.